The van der Waals surface area contributed by atoms with Gasteiger partial charge in [0.1, 0.15) is 11.5 Å². The van der Waals surface area contributed by atoms with Crippen molar-refractivity contribution in [3.63, 3.8) is 0 Å². The van der Waals surface area contributed by atoms with Crippen molar-refractivity contribution in [1.29, 1.82) is 0 Å². The topological polar surface area (TPSA) is 84.9 Å². The van der Waals surface area contributed by atoms with Crippen molar-refractivity contribution >= 4 is 52.4 Å². The molecule has 1 N–H and O–H groups in total. The van der Waals surface area contributed by atoms with Crippen molar-refractivity contribution in [2.45, 2.75) is 20.3 Å². The summed E-state index contributed by atoms with van der Waals surface area (Å²) in [5, 5.41) is 3.04. The average molecular weight is 527 g/mol. The van der Waals surface area contributed by atoms with Crippen molar-refractivity contribution in [2.24, 2.45) is 5.92 Å². The van der Waals surface area contributed by atoms with Gasteiger partial charge in [-0.05, 0) is 73.5 Å². The Balaban J connectivity index is 1.30. The molecule has 1 heterocycles. The number of aryl methyl sites for hydroxylation is 2. The van der Waals surface area contributed by atoms with E-state index in [1.807, 2.05) is 32.0 Å². The molecule has 0 unspecified atom stereocenters. The highest BCUT2D eigenvalue weighted by atomic mass is 35.5. The number of amides is 2. The zero-order chi connectivity index (χ0) is 25.8. The number of benzene rings is 3. The lowest BCUT2D eigenvalue weighted by Gasteiger charge is -2.17. The largest absolute Gasteiger partial charge is 0.457 e. The van der Waals surface area contributed by atoms with Crippen LogP contribution < -0.4 is 15.0 Å². The number of nitrogens with one attached hydrogen (secondary N) is 1. The molecular formula is C27H24Cl2N2O5. The maximum absolute atomic E-state index is 12.6. The normalized spacial score (nSPS) is 15.1. The predicted molar refractivity (Wildman–Crippen MR) is 139 cm³/mol. The van der Waals surface area contributed by atoms with Crippen LogP contribution in [0.5, 0.6) is 11.5 Å². The molecule has 1 fully saturated rings. The van der Waals surface area contributed by atoms with Crippen LogP contribution >= 0.6 is 23.2 Å². The van der Waals surface area contributed by atoms with Gasteiger partial charge in [-0.15, -0.1) is 0 Å². The summed E-state index contributed by atoms with van der Waals surface area (Å²) in [6.45, 7) is 3.72. The van der Waals surface area contributed by atoms with Crippen LogP contribution in [0.15, 0.2) is 60.7 Å². The standard InChI is InChI=1S/C27H24Cl2N2O5/c1-16-6-9-21(12-17(16)2)36-20-10-7-19(8-11-20)31-14-18(13-25(31)33)27(34)35-15-24(32)30-23-5-3-4-22(28)26(23)29/h3-12,18H,13-15H2,1-2H3,(H,30,32)/t18-/m0/s1. The molecule has 0 spiro atoms. The first kappa shape index (κ1) is 25.5. The number of hydrogen-bond donors (Lipinski definition) is 1. The number of nitrogens with zero attached hydrogens (tertiary/aromatic N) is 1. The van der Waals surface area contributed by atoms with Crippen molar-refractivity contribution in [3.05, 3.63) is 81.8 Å². The van der Waals surface area contributed by atoms with E-state index in [1.54, 1.807) is 42.5 Å². The number of hydrogen-bond acceptors (Lipinski definition) is 5. The van der Waals surface area contributed by atoms with Crippen LogP contribution in [0, 0.1) is 19.8 Å². The van der Waals surface area contributed by atoms with Gasteiger partial charge in [-0.3, -0.25) is 14.4 Å². The zero-order valence-corrected chi connectivity index (χ0v) is 21.2. The van der Waals surface area contributed by atoms with E-state index in [-0.39, 0.29) is 23.9 Å². The molecule has 4 rings (SSSR count). The van der Waals surface area contributed by atoms with E-state index in [0.717, 1.165) is 11.3 Å². The fraction of sp³-hybridized carbons (Fsp3) is 0.222. The lowest BCUT2D eigenvalue weighted by atomic mass is 10.1. The lowest BCUT2D eigenvalue weighted by Crippen LogP contribution is -2.28. The van der Waals surface area contributed by atoms with Crippen molar-refractivity contribution in [3.8, 4) is 11.5 Å². The highest BCUT2D eigenvalue weighted by Gasteiger charge is 2.36. The van der Waals surface area contributed by atoms with Crippen LogP contribution in [0.1, 0.15) is 17.5 Å². The summed E-state index contributed by atoms with van der Waals surface area (Å²) >= 11 is 12.0. The van der Waals surface area contributed by atoms with Crippen molar-refractivity contribution in [2.75, 3.05) is 23.4 Å². The maximum atomic E-state index is 12.6. The minimum atomic E-state index is -0.675. The molecule has 0 radical (unpaired) electrons. The van der Waals surface area contributed by atoms with Gasteiger partial charge < -0.3 is 19.7 Å². The van der Waals surface area contributed by atoms with Crippen LogP contribution in [0.4, 0.5) is 11.4 Å². The van der Waals surface area contributed by atoms with Gasteiger partial charge in [0, 0.05) is 18.7 Å². The first-order chi connectivity index (χ1) is 17.2. The van der Waals surface area contributed by atoms with E-state index in [4.69, 9.17) is 32.7 Å². The van der Waals surface area contributed by atoms with Gasteiger partial charge in [0.25, 0.3) is 5.91 Å². The Labute approximate surface area is 218 Å². The van der Waals surface area contributed by atoms with Gasteiger partial charge >= 0.3 is 5.97 Å². The Bertz CT molecular complexity index is 1310. The summed E-state index contributed by atoms with van der Waals surface area (Å²) in [4.78, 5) is 38.8. The lowest BCUT2D eigenvalue weighted by molar-refractivity contribution is -0.151. The first-order valence-electron chi connectivity index (χ1n) is 11.3. The molecule has 3 aromatic rings. The summed E-state index contributed by atoms with van der Waals surface area (Å²) in [5.41, 5.74) is 3.29. The first-order valence-corrected chi connectivity index (χ1v) is 12.0. The molecule has 1 aliphatic rings. The van der Waals surface area contributed by atoms with Crippen molar-refractivity contribution in [1.82, 2.24) is 0 Å². The van der Waals surface area contributed by atoms with Crippen LogP contribution in [-0.2, 0) is 19.1 Å². The Kier molecular flexibility index (Phi) is 7.82. The Morgan fingerprint density at radius 1 is 1.00 bits per heavy atom. The van der Waals surface area contributed by atoms with Gasteiger partial charge in [-0.25, -0.2) is 0 Å². The zero-order valence-electron chi connectivity index (χ0n) is 19.7. The van der Waals surface area contributed by atoms with Crippen LogP contribution in [0.2, 0.25) is 10.0 Å². The number of halogens is 2. The number of esters is 1. The van der Waals surface area contributed by atoms with Gasteiger partial charge in [0.05, 0.1) is 21.7 Å². The average Bonchev–Trinajstić information content (AvgIpc) is 3.25. The minimum Gasteiger partial charge on any atom is -0.457 e. The highest BCUT2D eigenvalue weighted by Crippen LogP contribution is 2.31. The summed E-state index contributed by atoms with van der Waals surface area (Å²) in [5.74, 6) is -0.689. The third-order valence-corrected chi connectivity index (χ3v) is 6.71. The third-order valence-electron chi connectivity index (χ3n) is 5.89. The van der Waals surface area contributed by atoms with E-state index in [2.05, 4.69) is 5.32 Å². The quantitative estimate of drug-likeness (QED) is 0.385. The second kappa shape index (κ2) is 11.0. The van der Waals surface area contributed by atoms with Crippen LogP contribution in [0.25, 0.3) is 0 Å². The molecule has 2 amide bonds. The highest BCUT2D eigenvalue weighted by molar-refractivity contribution is 6.44. The number of carbonyl (C=O) groups is 3. The Morgan fingerprint density at radius 3 is 2.44 bits per heavy atom. The maximum Gasteiger partial charge on any atom is 0.311 e. The molecule has 3 aromatic carbocycles. The molecule has 1 atom stereocenters. The van der Waals surface area contributed by atoms with Gasteiger partial charge in [0.15, 0.2) is 6.61 Å². The van der Waals surface area contributed by atoms with E-state index in [1.165, 1.54) is 10.5 Å². The smallest absolute Gasteiger partial charge is 0.311 e. The summed E-state index contributed by atoms with van der Waals surface area (Å²) in [6.07, 6.45) is 0.00146. The summed E-state index contributed by atoms with van der Waals surface area (Å²) < 4.78 is 11.0. The second-order valence-corrected chi connectivity index (χ2v) is 9.29. The molecule has 7 nitrogen and oxygen atoms in total. The number of ether oxygens (including phenoxy) is 2. The molecular weight excluding hydrogens is 503 g/mol. The number of carbonyl (C=O) groups excluding carboxylic acids is 3. The summed E-state index contributed by atoms with van der Waals surface area (Å²) in [7, 11) is 0. The molecule has 0 saturated carbocycles. The fourth-order valence-corrected chi connectivity index (χ4v) is 4.11. The molecule has 36 heavy (non-hydrogen) atoms. The SMILES string of the molecule is Cc1ccc(Oc2ccc(N3C[C@@H](C(=O)OCC(=O)Nc4cccc(Cl)c4Cl)CC3=O)cc2)cc1C. The third kappa shape index (κ3) is 5.98. The number of anilines is 2. The van der Waals surface area contributed by atoms with Gasteiger partial charge in [-0.1, -0.05) is 35.3 Å². The van der Waals surface area contributed by atoms with Crippen LogP contribution in [-0.4, -0.2) is 30.9 Å². The van der Waals surface area contributed by atoms with E-state index in [0.29, 0.717) is 22.1 Å². The molecule has 186 valence electrons. The monoisotopic (exact) mass is 526 g/mol. The molecule has 1 aliphatic heterocycles. The molecule has 9 heteroatoms. The Hall–Kier alpha value is -3.55. The number of rotatable bonds is 7. The molecule has 0 aromatic heterocycles. The Morgan fingerprint density at radius 2 is 1.72 bits per heavy atom. The van der Waals surface area contributed by atoms with E-state index >= 15 is 0 Å². The fourth-order valence-electron chi connectivity index (χ4n) is 3.76. The predicted octanol–water partition coefficient (Wildman–Crippen LogP) is 5.94. The van der Waals surface area contributed by atoms with Crippen molar-refractivity contribution < 1.29 is 23.9 Å². The summed E-state index contributed by atoms with van der Waals surface area (Å²) in [6, 6.07) is 17.8. The molecule has 0 aliphatic carbocycles. The molecule has 1 saturated heterocycles. The van der Waals surface area contributed by atoms with Crippen LogP contribution in [0.3, 0.4) is 0 Å². The minimum absolute atomic E-state index is 0.00146. The second-order valence-electron chi connectivity index (χ2n) is 8.50. The van der Waals surface area contributed by atoms with Gasteiger partial charge in [0.2, 0.25) is 5.91 Å². The van der Waals surface area contributed by atoms with E-state index < -0.39 is 24.4 Å². The molecule has 0 bridgehead atoms. The van der Waals surface area contributed by atoms with Gasteiger partial charge in [-0.2, -0.15) is 0 Å². The van der Waals surface area contributed by atoms with E-state index in [9.17, 15) is 14.4 Å².